The van der Waals surface area contributed by atoms with Crippen LogP contribution in [-0.4, -0.2) is 12.6 Å². The second-order valence-electron chi connectivity index (χ2n) is 7.04. The maximum atomic E-state index is 12.4. The molecule has 2 rings (SSSR count). The van der Waals surface area contributed by atoms with Crippen molar-refractivity contribution in [1.82, 2.24) is 0 Å². The Labute approximate surface area is 135 Å². The van der Waals surface area contributed by atoms with Gasteiger partial charge in [0.15, 0.2) is 0 Å². The summed E-state index contributed by atoms with van der Waals surface area (Å²) in [7, 11) is 0. The fourth-order valence-corrected chi connectivity index (χ4v) is 3.17. The van der Waals surface area contributed by atoms with Gasteiger partial charge in [-0.25, -0.2) is 0 Å². The summed E-state index contributed by atoms with van der Waals surface area (Å²) in [6, 6.07) is 6.83. The predicted molar refractivity (Wildman–Crippen MR) is 91.1 cm³/mol. The lowest BCUT2D eigenvalue weighted by atomic mass is 9.76. The molecule has 0 spiro atoms. The van der Waals surface area contributed by atoms with E-state index in [1.807, 2.05) is 0 Å². The average Bonchev–Trinajstić information content (AvgIpc) is 2.48. The van der Waals surface area contributed by atoms with Crippen LogP contribution in [0.15, 0.2) is 18.2 Å². The van der Waals surface area contributed by atoms with Crippen molar-refractivity contribution in [1.29, 1.82) is 0 Å². The molecule has 0 fully saturated rings. The van der Waals surface area contributed by atoms with Crippen LogP contribution in [0.2, 0.25) is 0 Å². The summed E-state index contributed by atoms with van der Waals surface area (Å²) < 4.78 is 5.49. The van der Waals surface area contributed by atoms with E-state index in [4.69, 9.17) is 4.74 Å². The minimum absolute atomic E-state index is 0.0285. The molecule has 1 aromatic rings. The summed E-state index contributed by atoms with van der Waals surface area (Å²) in [6.45, 7) is 9.04. The lowest BCUT2D eigenvalue weighted by molar-refractivity contribution is -0.156. The number of carbonyl (C=O) groups is 1. The normalized spacial score (nSPS) is 17.1. The van der Waals surface area contributed by atoms with Crippen LogP contribution in [-0.2, 0) is 22.4 Å². The van der Waals surface area contributed by atoms with Gasteiger partial charge in [0.05, 0.1) is 12.0 Å². The molecule has 1 aromatic carbocycles. The third kappa shape index (κ3) is 3.71. The first-order valence-electron chi connectivity index (χ1n) is 8.79. The zero-order valence-corrected chi connectivity index (χ0v) is 14.6. The third-order valence-corrected chi connectivity index (χ3v) is 5.22. The second kappa shape index (κ2) is 7.30. The van der Waals surface area contributed by atoms with Gasteiger partial charge in [-0.15, -0.1) is 0 Å². The van der Waals surface area contributed by atoms with Crippen LogP contribution in [0.1, 0.15) is 76.0 Å². The Balaban J connectivity index is 2.00. The van der Waals surface area contributed by atoms with Gasteiger partial charge in [0.2, 0.25) is 0 Å². The summed E-state index contributed by atoms with van der Waals surface area (Å²) >= 11 is 0. The summed E-state index contributed by atoms with van der Waals surface area (Å²) in [4.78, 5) is 12.4. The van der Waals surface area contributed by atoms with Gasteiger partial charge < -0.3 is 4.74 Å². The lowest BCUT2D eigenvalue weighted by Gasteiger charge is -2.30. The average molecular weight is 302 g/mol. The number of fused-ring (bicyclic) bond motifs is 1. The minimum Gasteiger partial charge on any atom is -0.465 e. The highest BCUT2D eigenvalue weighted by atomic mass is 16.5. The molecule has 0 bridgehead atoms. The maximum Gasteiger partial charge on any atom is 0.311 e. The van der Waals surface area contributed by atoms with Crippen molar-refractivity contribution in [3.63, 3.8) is 0 Å². The van der Waals surface area contributed by atoms with E-state index in [0.29, 0.717) is 12.5 Å². The topological polar surface area (TPSA) is 26.3 Å². The fraction of sp³-hybridized carbons (Fsp3) is 0.650. The molecule has 1 aliphatic carbocycles. The quantitative estimate of drug-likeness (QED) is 0.497. The molecule has 0 aromatic heterocycles. The van der Waals surface area contributed by atoms with E-state index in [9.17, 15) is 4.79 Å². The van der Waals surface area contributed by atoms with Gasteiger partial charge in [-0.2, -0.15) is 0 Å². The van der Waals surface area contributed by atoms with Crippen molar-refractivity contribution in [2.45, 2.75) is 72.1 Å². The summed E-state index contributed by atoms with van der Waals surface area (Å²) in [6.07, 6.45) is 6.12. The molecular formula is C20H30O2. The monoisotopic (exact) mass is 302 g/mol. The van der Waals surface area contributed by atoms with E-state index in [2.05, 4.69) is 45.9 Å². The van der Waals surface area contributed by atoms with Gasteiger partial charge in [-0.05, 0) is 61.6 Å². The summed E-state index contributed by atoms with van der Waals surface area (Å²) in [5, 5.41) is 0. The molecule has 2 atom stereocenters. The molecule has 1 aliphatic rings. The Bertz CT molecular complexity index is 520. The lowest BCUT2D eigenvalue weighted by Crippen LogP contribution is -2.31. The highest BCUT2D eigenvalue weighted by Crippen LogP contribution is 2.37. The molecule has 122 valence electrons. The molecule has 2 unspecified atom stereocenters. The molecule has 2 nitrogen and oxygen atoms in total. The number of hydrogen-bond acceptors (Lipinski definition) is 2. The zero-order chi connectivity index (χ0) is 16.2. The van der Waals surface area contributed by atoms with Crippen LogP contribution in [0.5, 0.6) is 0 Å². The molecule has 22 heavy (non-hydrogen) atoms. The highest BCUT2D eigenvalue weighted by Gasteiger charge is 2.35. The zero-order valence-electron chi connectivity index (χ0n) is 14.6. The molecule has 0 radical (unpaired) electrons. The maximum absolute atomic E-state index is 12.4. The molecule has 2 heteroatoms. The van der Waals surface area contributed by atoms with Crippen molar-refractivity contribution < 1.29 is 9.53 Å². The van der Waals surface area contributed by atoms with Crippen LogP contribution in [0.25, 0.3) is 0 Å². The Morgan fingerprint density at radius 1 is 1.27 bits per heavy atom. The predicted octanol–water partition coefficient (Wildman–Crippen LogP) is 5.04. The second-order valence-corrected chi connectivity index (χ2v) is 7.04. The van der Waals surface area contributed by atoms with E-state index in [-0.39, 0.29) is 11.4 Å². The van der Waals surface area contributed by atoms with Gasteiger partial charge >= 0.3 is 5.97 Å². The van der Waals surface area contributed by atoms with Crippen molar-refractivity contribution in [3.05, 3.63) is 34.9 Å². The van der Waals surface area contributed by atoms with Crippen LogP contribution < -0.4 is 0 Å². The fourth-order valence-electron chi connectivity index (χ4n) is 3.17. The molecule has 0 N–H and O–H groups in total. The Morgan fingerprint density at radius 2 is 2.00 bits per heavy atom. The molecule has 0 amide bonds. The largest absolute Gasteiger partial charge is 0.465 e. The first kappa shape index (κ1) is 17.1. The van der Waals surface area contributed by atoms with E-state index in [1.165, 1.54) is 29.5 Å². The van der Waals surface area contributed by atoms with E-state index in [1.54, 1.807) is 0 Å². The smallest absolute Gasteiger partial charge is 0.311 e. The number of aryl methyl sites for hydroxylation is 2. The SMILES string of the molecule is CCCCOC(=O)C(C)(CC)CC(C)c1ccc2c(c1)CC2. The van der Waals surface area contributed by atoms with Crippen molar-refractivity contribution in [2.75, 3.05) is 6.61 Å². The van der Waals surface area contributed by atoms with Gasteiger partial charge in [-0.1, -0.05) is 45.4 Å². The minimum atomic E-state index is -0.379. The van der Waals surface area contributed by atoms with E-state index >= 15 is 0 Å². The van der Waals surface area contributed by atoms with Crippen molar-refractivity contribution >= 4 is 5.97 Å². The number of ether oxygens (including phenoxy) is 1. The number of carbonyl (C=O) groups excluding carboxylic acids is 1. The van der Waals surface area contributed by atoms with Crippen LogP contribution in [0.3, 0.4) is 0 Å². The third-order valence-electron chi connectivity index (χ3n) is 5.22. The number of rotatable bonds is 8. The van der Waals surface area contributed by atoms with E-state index in [0.717, 1.165) is 25.7 Å². The Morgan fingerprint density at radius 3 is 2.55 bits per heavy atom. The number of benzene rings is 1. The van der Waals surface area contributed by atoms with Gasteiger partial charge in [0.1, 0.15) is 0 Å². The number of hydrogen-bond donors (Lipinski definition) is 0. The van der Waals surface area contributed by atoms with Gasteiger partial charge in [-0.3, -0.25) is 4.79 Å². The summed E-state index contributed by atoms with van der Waals surface area (Å²) in [5.41, 5.74) is 3.97. The van der Waals surface area contributed by atoms with Crippen LogP contribution >= 0.6 is 0 Å². The Kier molecular flexibility index (Phi) is 5.66. The van der Waals surface area contributed by atoms with Gasteiger partial charge in [0.25, 0.3) is 0 Å². The first-order chi connectivity index (χ1) is 10.5. The van der Waals surface area contributed by atoms with Crippen LogP contribution in [0, 0.1) is 5.41 Å². The van der Waals surface area contributed by atoms with Gasteiger partial charge in [0, 0.05) is 0 Å². The highest BCUT2D eigenvalue weighted by molar-refractivity contribution is 5.76. The number of esters is 1. The Hall–Kier alpha value is -1.31. The van der Waals surface area contributed by atoms with Crippen molar-refractivity contribution in [3.8, 4) is 0 Å². The summed E-state index contributed by atoms with van der Waals surface area (Å²) in [5.74, 6) is 0.355. The number of unbranched alkanes of at least 4 members (excludes halogenated alkanes) is 1. The standard InChI is InChI=1S/C20H30O2/c1-5-7-12-22-19(21)20(4,6-2)14-15(3)17-10-8-16-9-11-18(16)13-17/h8,10,13,15H,5-7,9,11-12,14H2,1-4H3. The van der Waals surface area contributed by atoms with Crippen molar-refractivity contribution in [2.24, 2.45) is 5.41 Å². The molecule has 0 aliphatic heterocycles. The molecule has 0 saturated carbocycles. The molecule has 0 saturated heterocycles. The first-order valence-corrected chi connectivity index (χ1v) is 8.79. The van der Waals surface area contributed by atoms with E-state index < -0.39 is 0 Å². The molecular weight excluding hydrogens is 272 g/mol. The van der Waals surface area contributed by atoms with Crippen LogP contribution in [0.4, 0.5) is 0 Å². The molecule has 0 heterocycles.